The third-order valence-electron chi connectivity index (χ3n) is 12.6. The van der Waals surface area contributed by atoms with Crippen LogP contribution >= 0.6 is 7.82 Å². The number of phosphoric acid groups is 1. The highest BCUT2D eigenvalue weighted by Crippen LogP contribution is 2.38. The Bertz CT molecular complexity index is 1150. The monoisotopic (exact) mass is 937 g/mol. The van der Waals surface area contributed by atoms with Crippen molar-refractivity contribution >= 4 is 13.7 Å². The number of nitrogens with zero attached hydrogens (tertiary/aromatic N) is 1. The first kappa shape index (κ1) is 63.7. The summed E-state index contributed by atoms with van der Waals surface area (Å²) >= 11 is 0. The van der Waals surface area contributed by atoms with Crippen LogP contribution in [0, 0.1) is 0 Å². The topological polar surface area (TPSA) is 108 Å². The van der Waals surface area contributed by atoms with Gasteiger partial charge in [0.2, 0.25) is 5.91 Å². The van der Waals surface area contributed by atoms with E-state index in [4.69, 9.17) is 9.05 Å². The van der Waals surface area contributed by atoms with Crippen molar-refractivity contribution < 1.29 is 32.9 Å². The van der Waals surface area contributed by atoms with E-state index in [0.29, 0.717) is 17.4 Å². The molecule has 0 rings (SSSR count). The summed E-state index contributed by atoms with van der Waals surface area (Å²) in [4.78, 5) is 25.4. The van der Waals surface area contributed by atoms with Gasteiger partial charge in [0.05, 0.1) is 39.9 Å². The van der Waals surface area contributed by atoms with Crippen LogP contribution in [-0.2, 0) is 18.4 Å². The molecule has 0 radical (unpaired) electrons. The fraction of sp³-hybridized carbons (Fsp3) is 0.875. The molecule has 0 aliphatic heterocycles. The number of quaternary nitrogens is 1. The van der Waals surface area contributed by atoms with Gasteiger partial charge in [0.1, 0.15) is 13.2 Å². The van der Waals surface area contributed by atoms with Gasteiger partial charge in [-0.05, 0) is 57.8 Å². The summed E-state index contributed by atoms with van der Waals surface area (Å²) in [5, 5.41) is 13.8. The molecule has 0 aliphatic rings. The summed E-state index contributed by atoms with van der Waals surface area (Å²) in [7, 11) is 1.25. The summed E-state index contributed by atoms with van der Waals surface area (Å²) in [5.41, 5.74) is 0. The highest BCUT2D eigenvalue weighted by molar-refractivity contribution is 7.45. The first-order valence-electron chi connectivity index (χ1n) is 27.9. The highest BCUT2D eigenvalue weighted by atomic mass is 31.2. The van der Waals surface area contributed by atoms with E-state index in [0.717, 1.165) is 38.5 Å². The number of hydrogen-bond acceptors (Lipinski definition) is 6. The number of rotatable bonds is 51. The minimum absolute atomic E-state index is 0.00564. The quantitative estimate of drug-likeness (QED) is 0.0272. The van der Waals surface area contributed by atoms with E-state index in [-0.39, 0.29) is 12.5 Å². The van der Waals surface area contributed by atoms with Gasteiger partial charge in [-0.3, -0.25) is 9.36 Å². The number of hydrogen-bond donors (Lipinski definition) is 2. The van der Waals surface area contributed by atoms with Crippen molar-refractivity contribution in [3.63, 3.8) is 0 Å². The Kier molecular flexibility index (Phi) is 46.8. The predicted molar refractivity (Wildman–Crippen MR) is 279 cm³/mol. The Labute approximate surface area is 404 Å². The van der Waals surface area contributed by atoms with Crippen LogP contribution in [-0.4, -0.2) is 68.5 Å². The molecular weight excluding hydrogens is 828 g/mol. The molecule has 0 saturated carbocycles. The Hall–Kier alpha value is -1.28. The van der Waals surface area contributed by atoms with E-state index in [1.807, 2.05) is 27.2 Å². The number of allylic oxidation sites excluding steroid dienone is 5. The lowest BCUT2D eigenvalue weighted by molar-refractivity contribution is -0.870. The fourth-order valence-corrected chi connectivity index (χ4v) is 8.89. The van der Waals surface area contributed by atoms with Crippen molar-refractivity contribution in [2.75, 3.05) is 40.9 Å². The predicted octanol–water partition coefficient (Wildman–Crippen LogP) is 16.0. The molecule has 0 aromatic carbocycles. The van der Waals surface area contributed by atoms with Crippen LogP contribution in [0.25, 0.3) is 0 Å². The van der Waals surface area contributed by atoms with Crippen molar-refractivity contribution in [2.45, 2.75) is 276 Å². The molecule has 2 N–H and O–H groups in total. The van der Waals surface area contributed by atoms with Gasteiger partial charge in [0, 0.05) is 6.42 Å². The molecule has 3 atom stereocenters. The molecule has 0 saturated heterocycles. The molecule has 0 spiro atoms. The maximum Gasteiger partial charge on any atom is 0.268 e. The van der Waals surface area contributed by atoms with Crippen molar-refractivity contribution in [2.24, 2.45) is 0 Å². The van der Waals surface area contributed by atoms with Crippen LogP contribution in [0.1, 0.15) is 264 Å². The molecule has 0 aromatic rings. The number of carbonyl (C=O) groups excluding carboxylic acids is 1. The van der Waals surface area contributed by atoms with Crippen LogP contribution in [0.5, 0.6) is 0 Å². The molecule has 9 heteroatoms. The summed E-state index contributed by atoms with van der Waals surface area (Å²) in [6.45, 7) is 4.64. The van der Waals surface area contributed by atoms with Crippen LogP contribution in [0.15, 0.2) is 36.5 Å². The molecule has 0 bridgehead atoms. The molecule has 8 nitrogen and oxygen atoms in total. The number of aliphatic hydroxyl groups is 1. The second-order valence-electron chi connectivity index (χ2n) is 20.3. The summed E-state index contributed by atoms with van der Waals surface area (Å²) < 4.78 is 23.3. The van der Waals surface area contributed by atoms with Gasteiger partial charge in [-0.2, -0.15) is 0 Å². The van der Waals surface area contributed by atoms with Crippen LogP contribution < -0.4 is 10.2 Å². The van der Waals surface area contributed by atoms with Crippen molar-refractivity contribution in [3.05, 3.63) is 36.5 Å². The lowest BCUT2D eigenvalue weighted by Crippen LogP contribution is -2.45. The van der Waals surface area contributed by atoms with Gasteiger partial charge in [0.15, 0.2) is 0 Å². The number of unbranched alkanes of at least 4 members (excludes halogenated alkanes) is 34. The van der Waals surface area contributed by atoms with Crippen molar-refractivity contribution in [1.82, 2.24) is 5.32 Å². The summed E-state index contributed by atoms with van der Waals surface area (Å²) in [6, 6.07) is -0.902. The van der Waals surface area contributed by atoms with E-state index in [2.05, 4.69) is 43.5 Å². The molecular formula is C56H109N2O6P. The maximum atomic E-state index is 12.9. The van der Waals surface area contributed by atoms with Gasteiger partial charge in [-0.1, -0.05) is 237 Å². The van der Waals surface area contributed by atoms with Crippen LogP contribution in [0.2, 0.25) is 0 Å². The normalized spacial score (nSPS) is 14.3. The SMILES string of the molecule is CCCCCCCCCC/C=C/CC/C=C/C(O)C(COP(=O)([O-])OCC[N+](C)(C)C)NC(=O)CCCCCCCCCCCCCCC/C=C\CCCCCCCCCCCCCC. The zero-order valence-electron chi connectivity index (χ0n) is 43.7. The third-order valence-corrected chi connectivity index (χ3v) is 13.5. The van der Waals surface area contributed by atoms with Crippen LogP contribution in [0.4, 0.5) is 0 Å². The third kappa shape index (κ3) is 50.4. The Morgan fingerprint density at radius 2 is 0.862 bits per heavy atom. The Morgan fingerprint density at radius 3 is 1.25 bits per heavy atom. The molecule has 0 fully saturated rings. The summed E-state index contributed by atoms with van der Waals surface area (Å²) in [6.07, 6.45) is 60.9. The minimum atomic E-state index is -4.60. The standard InChI is InChI=1S/C56H109N2O6P/c1-6-8-10-12-14-16-18-20-22-23-24-25-26-27-28-29-30-31-32-33-34-35-36-38-40-42-44-46-48-50-56(60)57-54(53-64-65(61,62)63-52-51-58(3,4)5)55(59)49-47-45-43-41-39-37-21-19-17-15-13-11-9-7-2/h27-28,39,41,47,49,54-55,59H,6-26,29-38,40,42-46,48,50-53H2,1-5H3,(H-,57,60,61,62)/b28-27-,41-39+,49-47+. The van der Waals surface area contributed by atoms with E-state index in [1.54, 1.807) is 6.08 Å². The maximum absolute atomic E-state index is 12.9. The number of phosphoric ester groups is 1. The molecule has 3 unspecified atom stereocenters. The van der Waals surface area contributed by atoms with E-state index < -0.39 is 26.6 Å². The molecule has 0 aliphatic carbocycles. The number of nitrogens with one attached hydrogen (secondary N) is 1. The lowest BCUT2D eigenvalue weighted by atomic mass is 10.0. The van der Waals surface area contributed by atoms with Gasteiger partial charge in [-0.25, -0.2) is 0 Å². The smallest absolute Gasteiger partial charge is 0.268 e. The molecule has 65 heavy (non-hydrogen) atoms. The molecule has 0 aromatic heterocycles. The van der Waals surface area contributed by atoms with Gasteiger partial charge < -0.3 is 28.8 Å². The van der Waals surface area contributed by atoms with E-state index >= 15 is 0 Å². The first-order chi connectivity index (χ1) is 31.5. The number of carbonyl (C=O) groups is 1. The second kappa shape index (κ2) is 47.8. The first-order valence-corrected chi connectivity index (χ1v) is 29.3. The Morgan fingerprint density at radius 1 is 0.523 bits per heavy atom. The van der Waals surface area contributed by atoms with E-state index in [9.17, 15) is 19.4 Å². The van der Waals surface area contributed by atoms with Gasteiger partial charge in [-0.15, -0.1) is 0 Å². The minimum Gasteiger partial charge on any atom is -0.756 e. The molecule has 0 heterocycles. The zero-order valence-corrected chi connectivity index (χ0v) is 44.6. The van der Waals surface area contributed by atoms with Crippen molar-refractivity contribution in [3.8, 4) is 0 Å². The lowest BCUT2D eigenvalue weighted by Gasteiger charge is -2.29. The number of aliphatic hydroxyl groups excluding tert-OH is 1. The van der Waals surface area contributed by atoms with Gasteiger partial charge in [0.25, 0.3) is 7.82 Å². The second-order valence-corrected chi connectivity index (χ2v) is 21.7. The molecule has 1 amide bonds. The number of amides is 1. The van der Waals surface area contributed by atoms with Crippen molar-refractivity contribution in [1.29, 1.82) is 0 Å². The van der Waals surface area contributed by atoms with E-state index in [1.165, 1.54) is 205 Å². The fourth-order valence-electron chi connectivity index (χ4n) is 8.17. The zero-order chi connectivity index (χ0) is 47.8. The van der Waals surface area contributed by atoms with Gasteiger partial charge >= 0.3 is 0 Å². The molecule has 384 valence electrons. The average Bonchev–Trinajstić information content (AvgIpc) is 3.26. The number of likely N-dealkylation sites (N-methyl/N-ethyl adjacent to an activating group) is 1. The highest BCUT2D eigenvalue weighted by Gasteiger charge is 2.23. The summed E-state index contributed by atoms with van der Waals surface area (Å²) in [5.74, 6) is -0.205. The van der Waals surface area contributed by atoms with Crippen LogP contribution in [0.3, 0.4) is 0 Å². The largest absolute Gasteiger partial charge is 0.756 e. The average molecular weight is 937 g/mol. The Balaban J connectivity index is 4.12.